The van der Waals surface area contributed by atoms with E-state index in [0.717, 1.165) is 43.0 Å². The van der Waals surface area contributed by atoms with Crippen molar-refractivity contribution >= 4 is 5.91 Å². The van der Waals surface area contributed by atoms with Crippen molar-refractivity contribution in [3.63, 3.8) is 0 Å². The molecular weight excluding hydrogens is 266 g/mol. The second-order valence-corrected chi connectivity index (χ2v) is 5.81. The first-order valence-electron chi connectivity index (χ1n) is 7.38. The van der Waals surface area contributed by atoms with Gasteiger partial charge in [-0.3, -0.25) is 14.6 Å². The largest absolute Gasteiger partial charge is 0.334 e. The minimum atomic E-state index is 0.0743. The summed E-state index contributed by atoms with van der Waals surface area (Å²) >= 11 is 0. The first-order chi connectivity index (χ1) is 10.1. The fourth-order valence-corrected chi connectivity index (χ4v) is 3.07. The Bertz CT molecular complexity index is 657. The number of carbonyl (C=O) groups excluding carboxylic acids is 1. The lowest BCUT2D eigenvalue weighted by Crippen LogP contribution is -2.38. The summed E-state index contributed by atoms with van der Waals surface area (Å²) in [5.41, 5.74) is 3.67. The lowest BCUT2D eigenvalue weighted by atomic mass is 10.2. The first kappa shape index (κ1) is 13.9. The SMILES string of the molecule is Cc1cc(C)n(C[C@@H]2CCCN2C(=O)c2cn[nH]c2C)n1. The third-order valence-electron chi connectivity index (χ3n) is 4.19. The Hall–Kier alpha value is -2.11. The number of aromatic amines is 1. The van der Waals surface area contributed by atoms with E-state index in [-0.39, 0.29) is 11.9 Å². The van der Waals surface area contributed by atoms with Crippen LogP contribution in [0.3, 0.4) is 0 Å². The van der Waals surface area contributed by atoms with E-state index >= 15 is 0 Å². The van der Waals surface area contributed by atoms with Gasteiger partial charge < -0.3 is 4.90 Å². The molecular formula is C15H21N5O. The molecule has 21 heavy (non-hydrogen) atoms. The molecule has 1 amide bonds. The van der Waals surface area contributed by atoms with Crippen LogP contribution in [0.15, 0.2) is 12.3 Å². The van der Waals surface area contributed by atoms with E-state index in [2.05, 4.69) is 28.3 Å². The van der Waals surface area contributed by atoms with Crippen molar-refractivity contribution in [1.82, 2.24) is 24.9 Å². The maximum absolute atomic E-state index is 12.7. The maximum Gasteiger partial charge on any atom is 0.257 e. The second kappa shape index (κ2) is 5.35. The van der Waals surface area contributed by atoms with E-state index in [4.69, 9.17) is 0 Å². The molecule has 6 nitrogen and oxygen atoms in total. The van der Waals surface area contributed by atoms with Crippen molar-refractivity contribution in [2.75, 3.05) is 6.54 Å². The highest BCUT2D eigenvalue weighted by atomic mass is 16.2. The van der Waals surface area contributed by atoms with Crippen LogP contribution < -0.4 is 0 Å². The Morgan fingerprint density at radius 3 is 2.86 bits per heavy atom. The Kier molecular flexibility index (Phi) is 3.53. The van der Waals surface area contributed by atoms with Gasteiger partial charge in [-0.1, -0.05) is 0 Å². The van der Waals surface area contributed by atoms with Crippen molar-refractivity contribution in [2.24, 2.45) is 0 Å². The quantitative estimate of drug-likeness (QED) is 0.936. The molecule has 3 rings (SSSR count). The number of carbonyl (C=O) groups is 1. The Morgan fingerprint density at radius 1 is 1.43 bits per heavy atom. The van der Waals surface area contributed by atoms with E-state index in [1.165, 1.54) is 0 Å². The summed E-state index contributed by atoms with van der Waals surface area (Å²) in [6.07, 6.45) is 3.70. The number of H-pyrrole nitrogens is 1. The number of nitrogens with zero attached hydrogens (tertiary/aromatic N) is 4. The summed E-state index contributed by atoms with van der Waals surface area (Å²) < 4.78 is 2.01. The van der Waals surface area contributed by atoms with Crippen LogP contribution >= 0.6 is 0 Å². The van der Waals surface area contributed by atoms with Crippen molar-refractivity contribution in [2.45, 2.75) is 46.2 Å². The number of amides is 1. The van der Waals surface area contributed by atoms with Crippen molar-refractivity contribution < 1.29 is 4.79 Å². The van der Waals surface area contributed by atoms with Gasteiger partial charge in [0.25, 0.3) is 5.91 Å². The van der Waals surface area contributed by atoms with Gasteiger partial charge in [0.05, 0.1) is 30.0 Å². The average molecular weight is 287 g/mol. The standard InChI is InChI=1S/C15H21N5O/c1-10-7-11(2)20(18-10)9-13-5-4-6-19(13)15(21)14-8-16-17-12(14)3/h7-8,13H,4-6,9H2,1-3H3,(H,16,17)/t13-/m0/s1. The number of hydrogen-bond acceptors (Lipinski definition) is 3. The highest BCUT2D eigenvalue weighted by Gasteiger charge is 2.31. The van der Waals surface area contributed by atoms with Crippen molar-refractivity contribution in [3.05, 3.63) is 34.9 Å². The molecule has 0 saturated carbocycles. The number of aromatic nitrogens is 4. The summed E-state index contributed by atoms with van der Waals surface area (Å²) in [5, 5.41) is 11.3. The van der Waals surface area contributed by atoms with Crippen LogP contribution in [-0.4, -0.2) is 43.4 Å². The van der Waals surface area contributed by atoms with Crippen LogP contribution in [0.1, 0.15) is 40.3 Å². The minimum absolute atomic E-state index is 0.0743. The molecule has 1 fully saturated rings. The third-order valence-corrected chi connectivity index (χ3v) is 4.19. The molecule has 1 aliphatic rings. The smallest absolute Gasteiger partial charge is 0.257 e. The Balaban J connectivity index is 1.78. The highest BCUT2D eigenvalue weighted by molar-refractivity contribution is 5.95. The van der Waals surface area contributed by atoms with Gasteiger partial charge in [-0.25, -0.2) is 0 Å². The molecule has 112 valence electrons. The predicted octanol–water partition coefficient (Wildman–Crippen LogP) is 1.84. The molecule has 0 bridgehead atoms. The van der Waals surface area contributed by atoms with E-state index in [0.29, 0.717) is 5.56 Å². The number of rotatable bonds is 3. The molecule has 6 heteroatoms. The average Bonchev–Trinajstić information content (AvgIpc) is 3.12. The molecule has 2 aromatic rings. The van der Waals surface area contributed by atoms with Gasteiger partial charge in [0.1, 0.15) is 0 Å². The molecule has 0 radical (unpaired) electrons. The molecule has 2 aromatic heterocycles. The van der Waals surface area contributed by atoms with Gasteiger partial charge in [-0.2, -0.15) is 10.2 Å². The molecule has 0 spiro atoms. The normalized spacial score (nSPS) is 18.4. The molecule has 0 aliphatic carbocycles. The fourth-order valence-electron chi connectivity index (χ4n) is 3.07. The number of hydrogen-bond donors (Lipinski definition) is 1. The maximum atomic E-state index is 12.7. The minimum Gasteiger partial charge on any atom is -0.334 e. The molecule has 1 N–H and O–H groups in total. The van der Waals surface area contributed by atoms with Gasteiger partial charge in [-0.15, -0.1) is 0 Å². The van der Waals surface area contributed by atoms with Gasteiger partial charge in [0.2, 0.25) is 0 Å². The van der Waals surface area contributed by atoms with E-state index in [9.17, 15) is 4.79 Å². The molecule has 3 heterocycles. The molecule has 1 aliphatic heterocycles. The number of aryl methyl sites for hydroxylation is 3. The summed E-state index contributed by atoms with van der Waals surface area (Å²) in [4.78, 5) is 14.6. The van der Waals surface area contributed by atoms with E-state index in [1.807, 2.05) is 23.4 Å². The van der Waals surface area contributed by atoms with Crippen LogP contribution in [0.4, 0.5) is 0 Å². The monoisotopic (exact) mass is 287 g/mol. The highest BCUT2D eigenvalue weighted by Crippen LogP contribution is 2.22. The zero-order valence-corrected chi connectivity index (χ0v) is 12.8. The first-order valence-corrected chi connectivity index (χ1v) is 7.38. The fraction of sp³-hybridized carbons (Fsp3) is 0.533. The van der Waals surface area contributed by atoms with Crippen LogP contribution in [-0.2, 0) is 6.54 Å². The predicted molar refractivity (Wildman–Crippen MR) is 79.1 cm³/mol. The number of nitrogens with one attached hydrogen (secondary N) is 1. The Labute approximate surface area is 124 Å². The second-order valence-electron chi connectivity index (χ2n) is 5.81. The molecule has 0 aromatic carbocycles. The zero-order chi connectivity index (χ0) is 15.0. The summed E-state index contributed by atoms with van der Waals surface area (Å²) in [6.45, 7) is 7.51. The van der Waals surface area contributed by atoms with Crippen LogP contribution in [0, 0.1) is 20.8 Å². The summed E-state index contributed by atoms with van der Waals surface area (Å²) in [7, 11) is 0. The van der Waals surface area contributed by atoms with Crippen LogP contribution in [0.5, 0.6) is 0 Å². The molecule has 0 unspecified atom stereocenters. The summed E-state index contributed by atoms with van der Waals surface area (Å²) in [6, 6.07) is 2.28. The third kappa shape index (κ3) is 2.57. The van der Waals surface area contributed by atoms with Gasteiger partial charge in [0, 0.05) is 17.9 Å². The van der Waals surface area contributed by atoms with Gasteiger partial charge in [-0.05, 0) is 39.7 Å². The number of likely N-dealkylation sites (tertiary alicyclic amines) is 1. The lowest BCUT2D eigenvalue weighted by molar-refractivity contribution is 0.0720. The topological polar surface area (TPSA) is 66.8 Å². The zero-order valence-electron chi connectivity index (χ0n) is 12.8. The lowest BCUT2D eigenvalue weighted by Gasteiger charge is -2.25. The van der Waals surface area contributed by atoms with Gasteiger partial charge >= 0.3 is 0 Å². The Morgan fingerprint density at radius 2 is 2.24 bits per heavy atom. The van der Waals surface area contributed by atoms with Gasteiger partial charge in [0.15, 0.2) is 0 Å². The van der Waals surface area contributed by atoms with E-state index < -0.39 is 0 Å². The molecule has 1 saturated heterocycles. The van der Waals surface area contributed by atoms with Crippen LogP contribution in [0.25, 0.3) is 0 Å². The van der Waals surface area contributed by atoms with Crippen molar-refractivity contribution in [3.8, 4) is 0 Å². The van der Waals surface area contributed by atoms with Crippen LogP contribution in [0.2, 0.25) is 0 Å². The molecule has 1 atom stereocenters. The van der Waals surface area contributed by atoms with Crippen molar-refractivity contribution in [1.29, 1.82) is 0 Å². The van der Waals surface area contributed by atoms with E-state index in [1.54, 1.807) is 6.20 Å². The summed E-state index contributed by atoms with van der Waals surface area (Å²) in [5.74, 6) is 0.0743.